The fourth-order valence-corrected chi connectivity index (χ4v) is 4.55. The number of hydrogen-bond donors (Lipinski definition) is 2. The van der Waals surface area contributed by atoms with Crippen LogP contribution in [0.2, 0.25) is 0 Å². The maximum Gasteiger partial charge on any atom is 0.281 e. The summed E-state index contributed by atoms with van der Waals surface area (Å²) in [5.74, 6) is 0.240. The van der Waals surface area contributed by atoms with Crippen LogP contribution in [0.1, 0.15) is 46.4 Å². The summed E-state index contributed by atoms with van der Waals surface area (Å²) in [4.78, 5) is 15.6. The summed E-state index contributed by atoms with van der Waals surface area (Å²) in [7, 11) is -3.64. The summed E-state index contributed by atoms with van der Waals surface area (Å²) in [6.07, 6.45) is 7.02. The van der Waals surface area contributed by atoms with Crippen molar-refractivity contribution in [2.75, 3.05) is 12.9 Å². The van der Waals surface area contributed by atoms with Crippen LogP contribution in [-0.4, -0.2) is 32.2 Å². The molecule has 0 unspecified atom stereocenters. The molecule has 6 nitrogen and oxygen atoms in total. The van der Waals surface area contributed by atoms with Crippen LogP contribution in [0.3, 0.4) is 0 Å². The van der Waals surface area contributed by atoms with E-state index < -0.39 is 15.9 Å². The molecule has 0 aliphatic heterocycles. The van der Waals surface area contributed by atoms with Crippen LogP contribution < -0.4 is 9.46 Å². The zero-order chi connectivity index (χ0) is 21.1. The Morgan fingerprint density at radius 3 is 2.67 bits per heavy atom. The number of rotatable bonds is 7. The van der Waals surface area contributed by atoms with E-state index in [9.17, 15) is 13.2 Å². The molecule has 1 aliphatic rings. The van der Waals surface area contributed by atoms with Gasteiger partial charge in [0.2, 0.25) is 10.0 Å². The summed E-state index contributed by atoms with van der Waals surface area (Å²) in [5, 5.41) is 0.921. The Balaban J connectivity index is 1.45. The first-order valence-electron chi connectivity index (χ1n) is 10.3. The number of para-hydroxylation sites is 1. The number of nitrogens with one attached hydrogen (secondary N) is 2. The van der Waals surface area contributed by atoms with E-state index in [1.807, 2.05) is 30.3 Å². The molecule has 1 aromatic heterocycles. The highest BCUT2D eigenvalue weighted by atomic mass is 32.2. The second-order valence-electron chi connectivity index (χ2n) is 7.82. The number of sulfonamides is 1. The van der Waals surface area contributed by atoms with E-state index in [-0.39, 0.29) is 5.69 Å². The van der Waals surface area contributed by atoms with Gasteiger partial charge in [0.25, 0.3) is 5.91 Å². The molecular weight excluding hydrogens is 400 g/mol. The van der Waals surface area contributed by atoms with E-state index in [4.69, 9.17) is 4.74 Å². The molecule has 0 saturated heterocycles. The minimum absolute atomic E-state index is 0.287. The summed E-state index contributed by atoms with van der Waals surface area (Å²) in [5.41, 5.74) is 4.71. The molecule has 1 heterocycles. The number of aromatic nitrogens is 1. The molecule has 4 rings (SSSR count). The first kappa shape index (κ1) is 20.5. The van der Waals surface area contributed by atoms with Crippen molar-refractivity contribution in [2.45, 2.75) is 38.5 Å². The monoisotopic (exact) mass is 426 g/mol. The van der Waals surface area contributed by atoms with Gasteiger partial charge in [0.05, 0.1) is 12.9 Å². The molecule has 158 valence electrons. The smallest absolute Gasteiger partial charge is 0.281 e. The lowest BCUT2D eigenvalue weighted by Crippen LogP contribution is -2.30. The van der Waals surface area contributed by atoms with Crippen molar-refractivity contribution < 1.29 is 17.9 Å². The lowest BCUT2D eigenvalue weighted by molar-refractivity contribution is 0.0976. The Morgan fingerprint density at radius 2 is 1.87 bits per heavy atom. The average Bonchev–Trinajstić information content (AvgIpc) is 3.09. The Hall–Kier alpha value is -2.80. The topological polar surface area (TPSA) is 88.3 Å². The Kier molecular flexibility index (Phi) is 5.81. The van der Waals surface area contributed by atoms with Gasteiger partial charge in [-0.2, -0.15) is 0 Å². The number of aromatic amines is 1. The molecule has 30 heavy (non-hydrogen) atoms. The highest BCUT2D eigenvalue weighted by Crippen LogP contribution is 2.26. The van der Waals surface area contributed by atoms with Gasteiger partial charge >= 0.3 is 0 Å². The van der Waals surface area contributed by atoms with Crippen LogP contribution in [0.15, 0.2) is 42.5 Å². The van der Waals surface area contributed by atoms with E-state index in [1.54, 1.807) is 0 Å². The summed E-state index contributed by atoms with van der Waals surface area (Å²) in [6.45, 7) is 0.519. The molecular formula is C23H26N2O4S. The van der Waals surface area contributed by atoms with Gasteiger partial charge in [0.15, 0.2) is 0 Å². The van der Waals surface area contributed by atoms with Crippen molar-refractivity contribution in [1.82, 2.24) is 9.71 Å². The molecule has 0 saturated carbocycles. The molecule has 0 bridgehead atoms. The average molecular weight is 427 g/mol. The molecule has 1 amide bonds. The van der Waals surface area contributed by atoms with Crippen molar-refractivity contribution >= 4 is 26.8 Å². The highest BCUT2D eigenvalue weighted by Gasteiger charge is 2.20. The Morgan fingerprint density at radius 1 is 1.10 bits per heavy atom. The van der Waals surface area contributed by atoms with Gasteiger partial charge in [-0.15, -0.1) is 0 Å². The van der Waals surface area contributed by atoms with Crippen molar-refractivity contribution in [1.29, 1.82) is 0 Å². The second kappa shape index (κ2) is 8.52. The molecule has 2 aromatic carbocycles. The van der Waals surface area contributed by atoms with Gasteiger partial charge in [-0.3, -0.25) is 4.79 Å². The molecule has 0 spiro atoms. The number of carbonyl (C=O) groups excluding carboxylic acids is 1. The van der Waals surface area contributed by atoms with Gasteiger partial charge in [0, 0.05) is 10.9 Å². The SMILES string of the molecule is CS(=O)(=O)NC(=O)c1[nH]c2ccccc2c1CCCOc1ccc2c(c1)CCCC2. The van der Waals surface area contributed by atoms with E-state index >= 15 is 0 Å². The van der Waals surface area contributed by atoms with E-state index in [0.717, 1.165) is 41.3 Å². The molecule has 3 aromatic rings. The lowest BCUT2D eigenvalue weighted by atomic mass is 9.92. The fourth-order valence-electron chi connectivity index (χ4n) is 4.11. The van der Waals surface area contributed by atoms with Crippen molar-refractivity contribution in [3.8, 4) is 5.75 Å². The van der Waals surface area contributed by atoms with E-state index in [1.165, 1.54) is 24.0 Å². The number of hydrogen-bond acceptors (Lipinski definition) is 4. The third-order valence-corrected chi connectivity index (χ3v) is 6.03. The molecule has 0 atom stereocenters. The molecule has 2 N–H and O–H groups in total. The highest BCUT2D eigenvalue weighted by molar-refractivity contribution is 7.89. The largest absolute Gasteiger partial charge is 0.494 e. The van der Waals surface area contributed by atoms with Crippen LogP contribution in [0.25, 0.3) is 10.9 Å². The number of amides is 1. The molecule has 7 heteroatoms. The number of fused-ring (bicyclic) bond motifs is 2. The standard InChI is InChI=1S/C23H26N2O4S/c1-30(27,28)25-23(26)22-20(19-9-4-5-11-21(19)24-22)10-6-14-29-18-13-12-16-7-2-3-8-17(16)15-18/h4-5,9,11-13,15,24H,2-3,6-8,10,14H2,1H3,(H,25,26). The number of ether oxygens (including phenoxy) is 1. The van der Waals surface area contributed by atoms with Crippen LogP contribution >= 0.6 is 0 Å². The summed E-state index contributed by atoms with van der Waals surface area (Å²) < 4.78 is 31.0. The van der Waals surface area contributed by atoms with Crippen molar-refractivity contribution in [3.05, 3.63) is 64.8 Å². The van der Waals surface area contributed by atoms with Crippen molar-refractivity contribution in [3.63, 3.8) is 0 Å². The maximum absolute atomic E-state index is 12.5. The van der Waals surface area contributed by atoms with Gasteiger partial charge in [-0.1, -0.05) is 24.3 Å². The summed E-state index contributed by atoms with van der Waals surface area (Å²) in [6, 6.07) is 13.9. The zero-order valence-electron chi connectivity index (χ0n) is 17.0. The maximum atomic E-state index is 12.5. The second-order valence-corrected chi connectivity index (χ2v) is 9.57. The molecule has 0 fully saturated rings. The quantitative estimate of drug-likeness (QED) is 0.563. The van der Waals surface area contributed by atoms with E-state index in [0.29, 0.717) is 19.4 Å². The van der Waals surface area contributed by atoms with Gasteiger partial charge in [-0.05, 0) is 73.4 Å². The molecule has 1 aliphatic carbocycles. The number of H-pyrrole nitrogens is 1. The zero-order valence-corrected chi connectivity index (χ0v) is 17.8. The predicted molar refractivity (Wildman–Crippen MR) is 118 cm³/mol. The minimum Gasteiger partial charge on any atom is -0.494 e. The Bertz CT molecular complexity index is 1180. The van der Waals surface area contributed by atoms with Gasteiger partial charge in [0.1, 0.15) is 11.4 Å². The van der Waals surface area contributed by atoms with E-state index in [2.05, 4.69) is 21.8 Å². The first-order valence-corrected chi connectivity index (χ1v) is 12.2. The normalized spacial score (nSPS) is 13.8. The van der Waals surface area contributed by atoms with Crippen LogP contribution in [-0.2, 0) is 29.3 Å². The van der Waals surface area contributed by atoms with Crippen LogP contribution in [0.4, 0.5) is 0 Å². The first-order chi connectivity index (χ1) is 14.4. The van der Waals surface area contributed by atoms with Crippen LogP contribution in [0, 0.1) is 0 Å². The fraction of sp³-hybridized carbons (Fsp3) is 0.348. The van der Waals surface area contributed by atoms with Crippen LogP contribution in [0.5, 0.6) is 5.75 Å². The number of carbonyl (C=O) groups is 1. The number of aryl methyl sites for hydroxylation is 3. The lowest BCUT2D eigenvalue weighted by Gasteiger charge is -2.16. The van der Waals surface area contributed by atoms with Crippen molar-refractivity contribution in [2.24, 2.45) is 0 Å². The van der Waals surface area contributed by atoms with Gasteiger partial charge in [-0.25, -0.2) is 13.1 Å². The van der Waals surface area contributed by atoms with Gasteiger partial charge < -0.3 is 9.72 Å². The summed E-state index contributed by atoms with van der Waals surface area (Å²) >= 11 is 0. The minimum atomic E-state index is -3.64. The number of benzene rings is 2. The predicted octanol–water partition coefficient (Wildman–Crippen LogP) is 3.75. The third kappa shape index (κ3) is 4.67. The molecule has 0 radical (unpaired) electrons. The Labute approximate surface area is 176 Å². The third-order valence-electron chi connectivity index (χ3n) is 5.48.